The Balaban J connectivity index is 2.05. The minimum absolute atomic E-state index is 0.130. The molecule has 7 unspecified atom stereocenters. The van der Waals surface area contributed by atoms with Gasteiger partial charge in [-0.3, -0.25) is 4.79 Å². The smallest absolute Gasteiger partial charge is 0.220 e. The molecule has 0 radical (unpaired) electrons. The maximum absolute atomic E-state index is 13.2. The monoisotopic (exact) mass is 1210 g/mol. The van der Waals surface area contributed by atoms with E-state index in [-0.39, 0.29) is 12.5 Å². The average molecular weight is 1210 g/mol. The van der Waals surface area contributed by atoms with Gasteiger partial charge in [-0.25, -0.2) is 0 Å². The summed E-state index contributed by atoms with van der Waals surface area (Å²) < 4.78 is 11.4. The Bertz CT molecular complexity index is 1300. The number of rotatable bonds is 70. The third-order valence-electron chi connectivity index (χ3n) is 19.2. The Morgan fingerprint density at radius 1 is 0.353 bits per heavy atom. The number of aliphatic hydroxyl groups is 5. The molecule has 0 aromatic heterocycles. The van der Waals surface area contributed by atoms with Crippen LogP contribution < -0.4 is 5.32 Å². The highest BCUT2D eigenvalue weighted by atomic mass is 16.7. The van der Waals surface area contributed by atoms with Gasteiger partial charge in [0.25, 0.3) is 0 Å². The van der Waals surface area contributed by atoms with Gasteiger partial charge in [-0.05, 0) is 12.8 Å². The van der Waals surface area contributed by atoms with Crippen molar-refractivity contribution in [1.82, 2.24) is 5.32 Å². The van der Waals surface area contributed by atoms with Crippen LogP contribution in [0.3, 0.4) is 0 Å². The van der Waals surface area contributed by atoms with E-state index in [2.05, 4.69) is 19.2 Å². The summed E-state index contributed by atoms with van der Waals surface area (Å²) in [6.45, 7) is 3.92. The van der Waals surface area contributed by atoms with E-state index in [0.29, 0.717) is 12.8 Å². The van der Waals surface area contributed by atoms with Gasteiger partial charge in [0.15, 0.2) is 6.29 Å². The lowest BCUT2D eigenvalue weighted by molar-refractivity contribution is -0.302. The number of amides is 1. The van der Waals surface area contributed by atoms with E-state index in [9.17, 15) is 30.3 Å². The second kappa shape index (κ2) is 66.1. The van der Waals surface area contributed by atoms with Crippen LogP contribution in [0.15, 0.2) is 0 Å². The molecule has 508 valence electrons. The van der Waals surface area contributed by atoms with E-state index >= 15 is 0 Å². The number of ether oxygens (including phenoxy) is 2. The predicted molar refractivity (Wildman–Crippen MR) is 364 cm³/mol. The van der Waals surface area contributed by atoms with Crippen LogP contribution in [-0.4, -0.2) is 87.5 Å². The molecule has 0 saturated carbocycles. The van der Waals surface area contributed by atoms with Gasteiger partial charge in [0, 0.05) is 6.42 Å². The van der Waals surface area contributed by atoms with E-state index in [1.54, 1.807) is 0 Å². The van der Waals surface area contributed by atoms with Gasteiger partial charge in [0.2, 0.25) is 5.91 Å². The van der Waals surface area contributed by atoms with Crippen molar-refractivity contribution in [2.24, 2.45) is 0 Å². The number of nitrogens with one attached hydrogen (secondary N) is 1. The van der Waals surface area contributed by atoms with Gasteiger partial charge >= 0.3 is 0 Å². The molecule has 85 heavy (non-hydrogen) atoms. The highest BCUT2D eigenvalue weighted by molar-refractivity contribution is 5.76. The van der Waals surface area contributed by atoms with Crippen LogP contribution in [0.1, 0.15) is 425 Å². The zero-order chi connectivity index (χ0) is 61.4. The number of hydrogen-bond donors (Lipinski definition) is 6. The summed E-state index contributed by atoms with van der Waals surface area (Å²) in [5.41, 5.74) is 0. The Hall–Kier alpha value is -0.810. The maximum atomic E-state index is 13.2. The van der Waals surface area contributed by atoms with Gasteiger partial charge in [-0.15, -0.1) is 0 Å². The molecule has 6 N–H and O–H groups in total. The fraction of sp³-hybridized carbons (Fsp3) is 0.987. The first kappa shape index (κ1) is 82.2. The molecule has 1 rings (SSSR count). The molecule has 0 aromatic carbocycles. The molecule has 9 nitrogen and oxygen atoms in total. The lowest BCUT2D eigenvalue weighted by Crippen LogP contribution is -2.60. The highest BCUT2D eigenvalue weighted by Crippen LogP contribution is 2.24. The van der Waals surface area contributed by atoms with Gasteiger partial charge < -0.3 is 40.3 Å². The van der Waals surface area contributed by atoms with Crippen molar-refractivity contribution in [1.29, 1.82) is 0 Å². The van der Waals surface area contributed by atoms with Gasteiger partial charge in [0.1, 0.15) is 24.4 Å². The Kier molecular flexibility index (Phi) is 63.9. The first-order chi connectivity index (χ1) is 41.8. The number of aliphatic hydroxyl groups excluding tert-OH is 5. The summed E-state index contributed by atoms with van der Waals surface area (Å²) >= 11 is 0. The first-order valence-corrected chi connectivity index (χ1v) is 38.7. The molecule has 1 fully saturated rings. The van der Waals surface area contributed by atoms with Crippen molar-refractivity contribution in [3.8, 4) is 0 Å². The molecule has 0 spiro atoms. The summed E-state index contributed by atoms with van der Waals surface area (Å²) in [4.78, 5) is 13.2. The zero-order valence-corrected chi connectivity index (χ0v) is 57.2. The molecule has 7 atom stereocenters. The minimum atomic E-state index is -1.55. The Morgan fingerprint density at radius 2 is 0.588 bits per heavy atom. The molecule has 0 bridgehead atoms. The van der Waals surface area contributed by atoms with Crippen LogP contribution >= 0.6 is 0 Å². The fourth-order valence-electron chi connectivity index (χ4n) is 13.2. The van der Waals surface area contributed by atoms with Gasteiger partial charge in [-0.1, -0.05) is 406 Å². The second-order valence-corrected chi connectivity index (χ2v) is 27.5. The zero-order valence-electron chi connectivity index (χ0n) is 57.2. The van der Waals surface area contributed by atoms with Crippen molar-refractivity contribution in [2.75, 3.05) is 13.2 Å². The van der Waals surface area contributed by atoms with Crippen molar-refractivity contribution < 1.29 is 39.8 Å². The lowest BCUT2D eigenvalue weighted by atomic mass is 9.99. The molecule has 9 heteroatoms. The number of unbranched alkanes of at least 4 members (excludes halogenated alkanes) is 60. The van der Waals surface area contributed by atoms with Crippen LogP contribution in [0.5, 0.6) is 0 Å². The van der Waals surface area contributed by atoms with E-state index in [1.807, 2.05) is 0 Å². The van der Waals surface area contributed by atoms with Crippen molar-refractivity contribution in [3.05, 3.63) is 0 Å². The van der Waals surface area contributed by atoms with Crippen molar-refractivity contribution in [2.45, 2.75) is 468 Å². The second-order valence-electron chi connectivity index (χ2n) is 27.5. The topological polar surface area (TPSA) is 149 Å². The number of hydrogen-bond acceptors (Lipinski definition) is 8. The minimum Gasteiger partial charge on any atom is -0.394 e. The molecule has 1 saturated heterocycles. The van der Waals surface area contributed by atoms with E-state index in [4.69, 9.17) is 9.47 Å². The molecule has 0 aliphatic carbocycles. The van der Waals surface area contributed by atoms with E-state index < -0.39 is 49.5 Å². The van der Waals surface area contributed by atoms with Gasteiger partial charge in [-0.2, -0.15) is 0 Å². The normalized spacial score (nSPS) is 17.9. The quantitative estimate of drug-likeness (QED) is 0.0330. The Morgan fingerprint density at radius 3 is 0.835 bits per heavy atom. The summed E-state index contributed by atoms with van der Waals surface area (Å²) in [6, 6.07) is -0.716. The number of carbonyl (C=O) groups excluding carboxylic acids is 1. The summed E-state index contributed by atoms with van der Waals surface area (Å²) in [7, 11) is 0. The molecule has 1 heterocycles. The first-order valence-electron chi connectivity index (χ1n) is 38.7. The highest BCUT2D eigenvalue weighted by Gasteiger charge is 2.44. The molecule has 1 aliphatic rings. The summed E-state index contributed by atoms with van der Waals surface area (Å²) in [5.74, 6) is -0.132. The molecule has 1 aliphatic heterocycles. The molecular weight excluding hydrogens is 1050 g/mol. The van der Waals surface area contributed by atoms with E-state index in [1.165, 1.54) is 360 Å². The largest absolute Gasteiger partial charge is 0.394 e. The van der Waals surface area contributed by atoms with Crippen molar-refractivity contribution >= 4 is 5.91 Å². The van der Waals surface area contributed by atoms with Gasteiger partial charge in [0.05, 0.1) is 25.4 Å². The SMILES string of the molecule is CCCCCCCCCCCCCCCCCCCCCCCCCCCCCCCCCCCC(O)C(COC1OC(CO)C(O)C(O)C1O)NC(=O)CCCCCCCCCCCCCCCCCCCCCCCCCCCCCCC. The lowest BCUT2D eigenvalue weighted by Gasteiger charge is -2.40. The van der Waals surface area contributed by atoms with Crippen LogP contribution in [0.25, 0.3) is 0 Å². The third kappa shape index (κ3) is 54.6. The van der Waals surface area contributed by atoms with Crippen LogP contribution in [0.2, 0.25) is 0 Å². The summed E-state index contributed by atoms with van der Waals surface area (Å²) in [6.07, 6.45) is 77.8. The molecule has 0 aromatic rings. The predicted octanol–water partition coefficient (Wildman–Crippen LogP) is 21.7. The Labute approximate surface area is 529 Å². The summed E-state index contributed by atoms with van der Waals surface area (Å²) in [5, 5.41) is 55.1. The number of carbonyl (C=O) groups is 1. The van der Waals surface area contributed by atoms with Crippen LogP contribution in [-0.2, 0) is 14.3 Å². The standard InChI is InChI=1S/C76H151NO8/c1-3-5-7-9-11-13-15-17-19-21-23-25-27-29-31-33-34-35-36-38-39-41-43-45-47-49-51-53-55-57-59-61-63-65-70(79)69(68-84-76-75(83)74(82)73(81)71(67-78)85-76)77-72(80)66-64-62-60-58-56-54-52-50-48-46-44-42-40-37-32-30-28-26-24-22-20-18-16-14-12-10-8-6-4-2/h69-71,73-76,78-79,81-83H,3-68H2,1-2H3,(H,77,80). The fourth-order valence-corrected chi connectivity index (χ4v) is 13.2. The molecular formula is C76H151NO8. The van der Waals surface area contributed by atoms with Crippen molar-refractivity contribution in [3.63, 3.8) is 0 Å². The molecule has 1 amide bonds. The average Bonchev–Trinajstić information content (AvgIpc) is 3.68. The van der Waals surface area contributed by atoms with Crippen LogP contribution in [0.4, 0.5) is 0 Å². The van der Waals surface area contributed by atoms with E-state index in [0.717, 1.165) is 38.5 Å². The van der Waals surface area contributed by atoms with Crippen LogP contribution in [0, 0.1) is 0 Å². The third-order valence-corrected chi connectivity index (χ3v) is 19.2. The maximum Gasteiger partial charge on any atom is 0.220 e.